The third kappa shape index (κ3) is 4.75. The number of nitrogens with one attached hydrogen (secondary N) is 1. The minimum absolute atomic E-state index is 0.160. The third-order valence-electron chi connectivity index (χ3n) is 2.32. The molecule has 0 aromatic carbocycles. The summed E-state index contributed by atoms with van der Waals surface area (Å²) >= 11 is 1.62. The van der Waals surface area contributed by atoms with Crippen LogP contribution in [-0.4, -0.2) is 27.8 Å². The van der Waals surface area contributed by atoms with E-state index in [4.69, 9.17) is 4.74 Å². The van der Waals surface area contributed by atoms with Crippen molar-refractivity contribution in [3.05, 3.63) is 21.9 Å². The summed E-state index contributed by atoms with van der Waals surface area (Å²) in [6, 6.07) is 3.98. The Balaban J connectivity index is 2.60. The van der Waals surface area contributed by atoms with Gasteiger partial charge in [0.1, 0.15) is 6.10 Å². The van der Waals surface area contributed by atoms with Crippen LogP contribution in [0, 0.1) is 6.92 Å². The normalized spacial score (nSPS) is 13.8. The molecule has 1 aromatic rings. The van der Waals surface area contributed by atoms with Crippen molar-refractivity contribution >= 4 is 21.4 Å². The van der Waals surface area contributed by atoms with E-state index in [0.29, 0.717) is 13.0 Å². The predicted molar refractivity (Wildman–Crippen MR) is 70.9 cm³/mol. The van der Waals surface area contributed by atoms with Gasteiger partial charge in [-0.05, 0) is 25.5 Å². The van der Waals surface area contributed by atoms with E-state index in [1.807, 2.05) is 26.0 Å². The first-order valence-electron chi connectivity index (χ1n) is 5.55. The van der Waals surface area contributed by atoms with Crippen molar-refractivity contribution in [2.45, 2.75) is 26.4 Å². The monoisotopic (exact) mass is 277 g/mol. The molecule has 0 amide bonds. The summed E-state index contributed by atoms with van der Waals surface area (Å²) in [6.07, 6.45) is 0.408. The van der Waals surface area contributed by atoms with Crippen LogP contribution in [-0.2, 0) is 14.8 Å². The fourth-order valence-electron chi connectivity index (χ4n) is 1.47. The topological polar surface area (TPSA) is 55.4 Å². The highest BCUT2D eigenvalue weighted by molar-refractivity contribution is 7.89. The number of hydrogen-bond donors (Lipinski definition) is 1. The molecule has 0 aliphatic heterocycles. The van der Waals surface area contributed by atoms with Crippen molar-refractivity contribution in [1.29, 1.82) is 0 Å². The average Bonchev–Trinajstić information content (AvgIpc) is 2.65. The molecule has 0 saturated heterocycles. The predicted octanol–water partition coefficient (Wildman–Crippen LogP) is 2.07. The number of sulfonamides is 1. The lowest BCUT2D eigenvalue weighted by Crippen LogP contribution is -2.30. The van der Waals surface area contributed by atoms with Crippen molar-refractivity contribution < 1.29 is 13.2 Å². The van der Waals surface area contributed by atoms with Crippen molar-refractivity contribution in [1.82, 2.24) is 4.72 Å². The number of hydrogen-bond acceptors (Lipinski definition) is 4. The molecule has 1 heterocycles. The zero-order valence-electron chi connectivity index (χ0n) is 10.4. The molecular weight excluding hydrogens is 258 g/mol. The molecule has 0 aliphatic carbocycles. The Bertz CT molecular complexity index is 439. The first kappa shape index (κ1) is 14.6. The standard InChI is InChI=1S/C11H19NO3S2/c1-4-7-17(13,14)12-8-10(15-3)11-6-5-9(2)16-11/h5-6,10,12H,4,7-8H2,1-3H3. The average molecular weight is 277 g/mol. The second-order valence-corrected chi connectivity index (χ2v) is 7.09. The van der Waals surface area contributed by atoms with Crippen LogP contribution in [0.1, 0.15) is 29.2 Å². The molecule has 1 N–H and O–H groups in total. The van der Waals surface area contributed by atoms with E-state index in [9.17, 15) is 8.42 Å². The molecule has 0 fully saturated rings. The maximum Gasteiger partial charge on any atom is 0.211 e. The number of methoxy groups -OCH3 is 1. The zero-order valence-corrected chi connectivity index (χ0v) is 12.0. The Kier molecular flexibility index (Phi) is 5.58. The largest absolute Gasteiger partial charge is 0.375 e. The van der Waals surface area contributed by atoms with E-state index in [2.05, 4.69) is 4.72 Å². The SMILES string of the molecule is CCCS(=O)(=O)NCC(OC)c1ccc(C)s1. The van der Waals surface area contributed by atoms with Gasteiger partial charge in [-0.2, -0.15) is 0 Å². The van der Waals surface area contributed by atoms with Crippen molar-refractivity contribution in [2.24, 2.45) is 0 Å². The fourth-order valence-corrected chi connectivity index (χ4v) is 3.51. The molecule has 4 nitrogen and oxygen atoms in total. The van der Waals surface area contributed by atoms with Gasteiger partial charge < -0.3 is 4.74 Å². The summed E-state index contributed by atoms with van der Waals surface area (Å²) in [4.78, 5) is 2.24. The van der Waals surface area contributed by atoms with Gasteiger partial charge in [0, 0.05) is 23.4 Å². The van der Waals surface area contributed by atoms with Gasteiger partial charge in [-0.3, -0.25) is 0 Å². The Morgan fingerprint density at radius 2 is 2.18 bits per heavy atom. The number of ether oxygens (including phenoxy) is 1. The highest BCUT2D eigenvalue weighted by atomic mass is 32.2. The van der Waals surface area contributed by atoms with Gasteiger partial charge in [0.25, 0.3) is 0 Å². The summed E-state index contributed by atoms with van der Waals surface area (Å²) in [6.45, 7) is 4.15. The summed E-state index contributed by atoms with van der Waals surface area (Å²) in [5, 5.41) is 0. The first-order valence-corrected chi connectivity index (χ1v) is 8.02. The first-order chi connectivity index (χ1) is 7.98. The molecule has 1 aromatic heterocycles. The van der Waals surface area contributed by atoms with E-state index in [-0.39, 0.29) is 11.9 Å². The van der Waals surface area contributed by atoms with Crippen molar-refractivity contribution in [2.75, 3.05) is 19.4 Å². The lowest BCUT2D eigenvalue weighted by molar-refractivity contribution is 0.110. The minimum Gasteiger partial charge on any atom is -0.375 e. The lowest BCUT2D eigenvalue weighted by Gasteiger charge is -2.14. The van der Waals surface area contributed by atoms with Crippen LogP contribution in [0.25, 0.3) is 0 Å². The van der Waals surface area contributed by atoms with E-state index in [0.717, 1.165) is 4.88 Å². The highest BCUT2D eigenvalue weighted by Crippen LogP contribution is 2.24. The molecule has 0 bridgehead atoms. The second kappa shape index (κ2) is 6.49. The van der Waals surface area contributed by atoms with E-state index < -0.39 is 10.0 Å². The van der Waals surface area contributed by atoms with Crippen molar-refractivity contribution in [3.8, 4) is 0 Å². The van der Waals surface area contributed by atoms with E-state index >= 15 is 0 Å². The Labute approximate surface area is 107 Å². The number of aryl methyl sites for hydroxylation is 1. The van der Waals surface area contributed by atoms with Gasteiger partial charge in [0.2, 0.25) is 10.0 Å². The molecule has 0 aliphatic rings. The van der Waals surface area contributed by atoms with Crippen LogP contribution < -0.4 is 4.72 Å². The fraction of sp³-hybridized carbons (Fsp3) is 0.636. The van der Waals surface area contributed by atoms with Gasteiger partial charge in [-0.15, -0.1) is 11.3 Å². The smallest absolute Gasteiger partial charge is 0.211 e. The highest BCUT2D eigenvalue weighted by Gasteiger charge is 2.16. The van der Waals surface area contributed by atoms with Crippen LogP contribution in [0.2, 0.25) is 0 Å². The van der Waals surface area contributed by atoms with Crippen LogP contribution in [0.3, 0.4) is 0 Å². The lowest BCUT2D eigenvalue weighted by atomic mass is 10.3. The molecule has 6 heteroatoms. The molecule has 1 atom stereocenters. The summed E-state index contributed by atoms with van der Waals surface area (Å²) < 4.78 is 30.9. The third-order valence-corrected chi connectivity index (χ3v) is 4.97. The Hall–Kier alpha value is -0.430. The molecule has 17 heavy (non-hydrogen) atoms. The van der Waals surface area contributed by atoms with Crippen molar-refractivity contribution in [3.63, 3.8) is 0 Å². The quantitative estimate of drug-likeness (QED) is 0.830. The summed E-state index contributed by atoms with van der Waals surface area (Å²) in [7, 11) is -1.57. The van der Waals surface area contributed by atoms with Gasteiger partial charge >= 0.3 is 0 Å². The summed E-state index contributed by atoms with van der Waals surface area (Å²) in [5.41, 5.74) is 0. The van der Waals surface area contributed by atoms with Crippen LogP contribution >= 0.6 is 11.3 Å². The molecular formula is C11H19NO3S2. The Morgan fingerprint density at radius 1 is 1.47 bits per heavy atom. The molecule has 0 saturated carbocycles. The molecule has 98 valence electrons. The zero-order chi connectivity index (χ0) is 12.9. The second-order valence-electron chi connectivity index (χ2n) is 3.84. The van der Waals surface area contributed by atoms with Crippen LogP contribution in [0.5, 0.6) is 0 Å². The maximum absolute atomic E-state index is 11.5. The van der Waals surface area contributed by atoms with Gasteiger partial charge in [0.05, 0.1) is 5.75 Å². The van der Waals surface area contributed by atoms with E-state index in [1.54, 1.807) is 18.4 Å². The molecule has 1 unspecified atom stereocenters. The maximum atomic E-state index is 11.5. The van der Waals surface area contributed by atoms with E-state index in [1.165, 1.54) is 4.88 Å². The van der Waals surface area contributed by atoms with Gasteiger partial charge in [-0.25, -0.2) is 13.1 Å². The van der Waals surface area contributed by atoms with Gasteiger partial charge in [0.15, 0.2) is 0 Å². The van der Waals surface area contributed by atoms with Crippen LogP contribution in [0.15, 0.2) is 12.1 Å². The Morgan fingerprint density at radius 3 is 2.65 bits per heavy atom. The number of rotatable bonds is 7. The molecule has 0 spiro atoms. The summed E-state index contributed by atoms with van der Waals surface area (Å²) in [5.74, 6) is 0.160. The van der Waals surface area contributed by atoms with Gasteiger partial charge in [-0.1, -0.05) is 6.92 Å². The number of thiophene rings is 1. The molecule has 1 rings (SSSR count). The molecule has 0 radical (unpaired) electrons. The minimum atomic E-state index is -3.16. The van der Waals surface area contributed by atoms with Crippen LogP contribution in [0.4, 0.5) is 0 Å².